The van der Waals surface area contributed by atoms with Gasteiger partial charge in [0.1, 0.15) is 5.75 Å². The predicted molar refractivity (Wildman–Crippen MR) is 132 cm³/mol. The minimum atomic E-state index is -3.54. The highest BCUT2D eigenvalue weighted by atomic mass is 32.2. The molecule has 0 heterocycles. The molecule has 0 saturated heterocycles. The van der Waals surface area contributed by atoms with Crippen LogP contribution in [0.2, 0.25) is 0 Å². The third kappa shape index (κ3) is 6.00. The van der Waals surface area contributed by atoms with Crippen molar-refractivity contribution in [3.63, 3.8) is 0 Å². The average molecular weight is 467 g/mol. The van der Waals surface area contributed by atoms with E-state index in [0.29, 0.717) is 30.9 Å². The molecule has 1 atom stereocenters. The second-order valence-corrected chi connectivity index (χ2v) is 9.45. The van der Waals surface area contributed by atoms with Crippen molar-refractivity contribution in [3.05, 3.63) is 78.9 Å². The van der Waals surface area contributed by atoms with Crippen LogP contribution < -0.4 is 10.1 Å². The van der Waals surface area contributed by atoms with Gasteiger partial charge in [0.15, 0.2) is 6.10 Å². The number of sulfonamides is 1. The molecule has 0 aliphatic carbocycles. The molecule has 33 heavy (non-hydrogen) atoms. The van der Waals surface area contributed by atoms with Crippen LogP contribution in [0.3, 0.4) is 0 Å². The summed E-state index contributed by atoms with van der Waals surface area (Å²) in [5.74, 6) is 0.321. The first-order valence-electron chi connectivity index (χ1n) is 11.1. The topological polar surface area (TPSA) is 75.7 Å². The Bertz CT molecular complexity index is 1140. The minimum absolute atomic E-state index is 0.200. The van der Waals surface area contributed by atoms with Gasteiger partial charge >= 0.3 is 0 Å². The molecule has 0 bridgehead atoms. The van der Waals surface area contributed by atoms with Crippen molar-refractivity contribution < 1.29 is 17.9 Å². The van der Waals surface area contributed by atoms with E-state index in [1.165, 1.54) is 16.4 Å². The van der Waals surface area contributed by atoms with E-state index in [0.717, 1.165) is 11.1 Å². The molecule has 7 heteroatoms. The molecule has 3 aromatic carbocycles. The van der Waals surface area contributed by atoms with E-state index in [1.807, 2.05) is 61.5 Å². The molecule has 1 amide bonds. The number of rotatable bonds is 10. The molecule has 174 valence electrons. The van der Waals surface area contributed by atoms with E-state index in [4.69, 9.17) is 4.74 Å². The summed E-state index contributed by atoms with van der Waals surface area (Å²) in [5.41, 5.74) is 2.69. The van der Waals surface area contributed by atoms with E-state index < -0.39 is 16.1 Å². The first kappa shape index (κ1) is 24.5. The maximum Gasteiger partial charge on any atom is 0.265 e. The number of benzene rings is 3. The van der Waals surface area contributed by atoms with Gasteiger partial charge in [-0.1, -0.05) is 63.2 Å². The molecular weight excluding hydrogens is 436 g/mol. The van der Waals surface area contributed by atoms with Crippen molar-refractivity contribution in [1.82, 2.24) is 4.31 Å². The molecule has 3 rings (SSSR count). The molecule has 0 saturated carbocycles. The van der Waals surface area contributed by atoms with E-state index in [1.54, 1.807) is 26.0 Å². The van der Waals surface area contributed by atoms with Gasteiger partial charge in [-0.15, -0.1) is 0 Å². The number of anilines is 1. The largest absolute Gasteiger partial charge is 0.481 e. The lowest BCUT2D eigenvalue weighted by molar-refractivity contribution is -0.122. The summed E-state index contributed by atoms with van der Waals surface area (Å²) in [4.78, 5) is 13.0. The van der Waals surface area contributed by atoms with Crippen molar-refractivity contribution >= 4 is 21.6 Å². The number of carbonyl (C=O) groups excluding carboxylic acids is 1. The van der Waals surface area contributed by atoms with Crippen LogP contribution in [-0.2, 0) is 14.8 Å². The minimum Gasteiger partial charge on any atom is -0.481 e. The summed E-state index contributed by atoms with van der Waals surface area (Å²) in [6.45, 7) is 6.28. The lowest BCUT2D eigenvalue weighted by Crippen LogP contribution is -2.32. The summed E-state index contributed by atoms with van der Waals surface area (Å²) >= 11 is 0. The molecule has 1 N–H and O–H groups in total. The summed E-state index contributed by atoms with van der Waals surface area (Å²) < 4.78 is 32.5. The third-order valence-electron chi connectivity index (χ3n) is 5.37. The van der Waals surface area contributed by atoms with Gasteiger partial charge in [-0.3, -0.25) is 4.79 Å². The first-order chi connectivity index (χ1) is 15.9. The Kier molecular flexibility index (Phi) is 8.25. The lowest BCUT2D eigenvalue weighted by atomic mass is 10.1. The van der Waals surface area contributed by atoms with E-state index in [2.05, 4.69) is 5.32 Å². The number of hydrogen-bond donors (Lipinski definition) is 1. The summed E-state index contributed by atoms with van der Waals surface area (Å²) in [6, 6.07) is 23.9. The first-order valence-corrected chi connectivity index (χ1v) is 12.6. The highest BCUT2D eigenvalue weighted by Crippen LogP contribution is 2.24. The molecule has 0 fully saturated rings. The van der Waals surface area contributed by atoms with Gasteiger partial charge in [0.2, 0.25) is 10.0 Å². The Morgan fingerprint density at radius 1 is 0.848 bits per heavy atom. The van der Waals surface area contributed by atoms with Crippen molar-refractivity contribution in [2.45, 2.75) is 38.2 Å². The van der Waals surface area contributed by atoms with Crippen LogP contribution in [0.15, 0.2) is 83.8 Å². The normalized spacial score (nSPS) is 12.4. The molecule has 6 nitrogen and oxygen atoms in total. The fraction of sp³-hybridized carbons (Fsp3) is 0.269. The smallest absolute Gasteiger partial charge is 0.265 e. The lowest BCUT2D eigenvalue weighted by Gasteiger charge is -2.19. The number of ether oxygens (including phenoxy) is 1. The van der Waals surface area contributed by atoms with Crippen LogP contribution in [0.25, 0.3) is 11.1 Å². The molecule has 0 aliphatic heterocycles. The highest BCUT2D eigenvalue weighted by Gasteiger charge is 2.22. The van der Waals surface area contributed by atoms with Gasteiger partial charge in [0, 0.05) is 18.8 Å². The number of amides is 1. The second kappa shape index (κ2) is 11.1. The van der Waals surface area contributed by atoms with Crippen molar-refractivity contribution in [2.24, 2.45) is 0 Å². The van der Waals surface area contributed by atoms with Gasteiger partial charge in [-0.05, 0) is 53.9 Å². The quantitative estimate of drug-likeness (QED) is 0.447. The molecule has 0 spiro atoms. The van der Waals surface area contributed by atoms with Crippen LogP contribution in [-0.4, -0.2) is 37.8 Å². The summed E-state index contributed by atoms with van der Waals surface area (Å²) in [5, 5.41) is 2.81. The van der Waals surface area contributed by atoms with Gasteiger partial charge < -0.3 is 10.1 Å². The van der Waals surface area contributed by atoms with Crippen molar-refractivity contribution in [1.29, 1.82) is 0 Å². The van der Waals surface area contributed by atoms with Gasteiger partial charge in [-0.2, -0.15) is 4.31 Å². The Morgan fingerprint density at radius 2 is 1.42 bits per heavy atom. The number of nitrogens with one attached hydrogen (secondary N) is 1. The SMILES string of the molecule is CCC(Oc1ccc(-c2ccccc2)cc1)C(=O)Nc1ccc(S(=O)(=O)N(CC)CC)cc1. The van der Waals surface area contributed by atoms with Crippen LogP contribution in [0.4, 0.5) is 5.69 Å². The maximum atomic E-state index is 12.8. The maximum absolute atomic E-state index is 12.8. The summed E-state index contributed by atoms with van der Waals surface area (Å²) in [7, 11) is -3.54. The monoisotopic (exact) mass is 466 g/mol. The zero-order valence-electron chi connectivity index (χ0n) is 19.2. The number of carbonyl (C=O) groups is 1. The summed E-state index contributed by atoms with van der Waals surface area (Å²) in [6.07, 6.45) is -0.188. The Labute approximate surface area is 196 Å². The van der Waals surface area contributed by atoms with Crippen LogP contribution in [0.1, 0.15) is 27.2 Å². The molecule has 0 aromatic heterocycles. The van der Waals surface area contributed by atoms with E-state index in [9.17, 15) is 13.2 Å². The Morgan fingerprint density at radius 3 is 1.97 bits per heavy atom. The van der Waals surface area contributed by atoms with Gasteiger partial charge in [-0.25, -0.2) is 8.42 Å². The molecule has 0 aliphatic rings. The van der Waals surface area contributed by atoms with Crippen molar-refractivity contribution in [2.75, 3.05) is 18.4 Å². The predicted octanol–water partition coefficient (Wildman–Crippen LogP) is 5.18. The van der Waals surface area contributed by atoms with Gasteiger partial charge in [0.25, 0.3) is 5.91 Å². The standard InChI is InChI=1S/C26H30N2O4S/c1-4-25(32-23-16-12-21(13-17-23)20-10-8-7-9-11-20)26(29)27-22-14-18-24(19-15-22)33(30,31)28(5-2)6-3/h7-19,25H,4-6H2,1-3H3,(H,27,29). The van der Waals surface area contributed by atoms with E-state index in [-0.39, 0.29) is 10.8 Å². The Balaban J connectivity index is 1.65. The van der Waals surface area contributed by atoms with Gasteiger partial charge in [0.05, 0.1) is 4.90 Å². The van der Waals surface area contributed by atoms with Crippen molar-refractivity contribution in [3.8, 4) is 16.9 Å². The number of nitrogens with zero attached hydrogens (tertiary/aromatic N) is 1. The highest BCUT2D eigenvalue weighted by molar-refractivity contribution is 7.89. The molecule has 1 unspecified atom stereocenters. The number of hydrogen-bond acceptors (Lipinski definition) is 4. The van der Waals surface area contributed by atoms with Crippen LogP contribution in [0.5, 0.6) is 5.75 Å². The molecule has 0 radical (unpaired) electrons. The fourth-order valence-electron chi connectivity index (χ4n) is 3.49. The average Bonchev–Trinajstić information content (AvgIpc) is 2.84. The van der Waals surface area contributed by atoms with Crippen LogP contribution in [0, 0.1) is 0 Å². The van der Waals surface area contributed by atoms with E-state index >= 15 is 0 Å². The molecule has 3 aromatic rings. The Hall–Kier alpha value is -3.16. The zero-order valence-corrected chi connectivity index (χ0v) is 20.0. The fourth-order valence-corrected chi connectivity index (χ4v) is 4.95. The molecular formula is C26H30N2O4S. The zero-order chi connectivity index (χ0) is 23.8. The third-order valence-corrected chi connectivity index (χ3v) is 7.43. The second-order valence-electron chi connectivity index (χ2n) is 7.51. The van der Waals surface area contributed by atoms with Crippen LogP contribution >= 0.6 is 0 Å².